The number of phenols is 1. The monoisotopic (exact) mass is 265 g/mol. The minimum Gasteiger partial charge on any atom is -0.507 e. The Morgan fingerprint density at radius 1 is 1.05 bits per heavy atom. The second-order valence-corrected chi connectivity index (χ2v) is 4.41. The van der Waals surface area contributed by atoms with Crippen molar-refractivity contribution in [3.05, 3.63) is 60.3 Å². The molecular weight excluding hydrogens is 254 g/mol. The Hall–Kier alpha value is -2.88. The fourth-order valence-electron chi connectivity index (χ4n) is 2.23. The van der Waals surface area contributed by atoms with Gasteiger partial charge in [-0.3, -0.25) is 4.98 Å². The summed E-state index contributed by atoms with van der Waals surface area (Å²) in [6.45, 7) is 0. The lowest BCUT2D eigenvalue weighted by Gasteiger charge is -2.08. The number of aromatic carboxylic acids is 1. The molecule has 0 atom stereocenters. The van der Waals surface area contributed by atoms with E-state index in [-0.39, 0.29) is 11.3 Å². The van der Waals surface area contributed by atoms with E-state index in [0.29, 0.717) is 0 Å². The van der Waals surface area contributed by atoms with Crippen molar-refractivity contribution in [2.45, 2.75) is 0 Å². The van der Waals surface area contributed by atoms with E-state index < -0.39 is 5.97 Å². The molecule has 1 aromatic heterocycles. The molecule has 3 rings (SSSR count). The zero-order chi connectivity index (χ0) is 14.1. The van der Waals surface area contributed by atoms with E-state index in [2.05, 4.69) is 4.98 Å². The Labute approximate surface area is 115 Å². The zero-order valence-corrected chi connectivity index (χ0v) is 10.4. The highest BCUT2D eigenvalue weighted by Crippen LogP contribution is 2.30. The van der Waals surface area contributed by atoms with Gasteiger partial charge in [-0.15, -0.1) is 0 Å². The average Bonchev–Trinajstić information content (AvgIpc) is 2.47. The minimum absolute atomic E-state index is 0.108. The summed E-state index contributed by atoms with van der Waals surface area (Å²) in [7, 11) is 0. The van der Waals surface area contributed by atoms with Gasteiger partial charge in [-0.05, 0) is 35.4 Å². The molecule has 0 saturated carbocycles. The normalized spacial score (nSPS) is 10.6. The van der Waals surface area contributed by atoms with Crippen LogP contribution < -0.4 is 0 Å². The first-order chi connectivity index (χ1) is 9.66. The van der Waals surface area contributed by atoms with Gasteiger partial charge in [0.2, 0.25) is 0 Å². The summed E-state index contributed by atoms with van der Waals surface area (Å²) >= 11 is 0. The van der Waals surface area contributed by atoms with Crippen LogP contribution in [0.3, 0.4) is 0 Å². The molecule has 1 heterocycles. The predicted molar refractivity (Wildman–Crippen MR) is 75.8 cm³/mol. The lowest BCUT2D eigenvalue weighted by atomic mass is 9.98. The van der Waals surface area contributed by atoms with Crippen molar-refractivity contribution in [1.82, 2.24) is 4.98 Å². The number of aromatic hydroxyl groups is 1. The molecule has 4 heteroatoms. The van der Waals surface area contributed by atoms with Crippen molar-refractivity contribution in [2.24, 2.45) is 0 Å². The molecule has 3 aromatic rings. The summed E-state index contributed by atoms with van der Waals surface area (Å²) in [5, 5.41) is 19.6. The molecular formula is C16H11NO3. The number of hydrogen-bond donors (Lipinski definition) is 2. The molecule has 4 nitrogen and oxygen atoms in total. The predicted octanol–water partition coefficient (Wildman–Crippen LogP) is 3.31. The second kappa shape index (κ2) is 4.66. The Kier molecular flexibility index (Phi) is 2.84. The number of nitrogens with zero attached hydrogens (tertiary/aromatic N) is 1. The van der Waals surface area contributed by atoms with Gasteiger partial charge in [-0.2, -0.15) is 0 Å². The number of carboxylic acids is 1. The summed E-state index contributed by atoms with van der Waals surface area (Å²) < 4.78 is 0. The van der Waals surface area contributed by atoms with E-state index in [1.807, 2.05) is 30.3 Å². The largest absolute Gasteiger partial charge is 0.507 e. The minimum atomic E-state index is -1.15. The van der Waals surface area contributed by atoms with Crippen LogP contribution in [-0.4, -0.2) is 21.2 Å². The van der Waals surface area contributed by atoms with Gasteiger partial charge in [0.1, 0.15) is 11.3 Å². The molecule has 0 aliphatic carbocycles. The smallest absolute Gasteiger partial charge is 0.339 e. The molecule has 2 N–H and O–H groups in total. The molecule has 0 radical (unpaired) electrons. The third kappa shape index (κ3) is 1.97. The van der Waals surface area contributed by atoms with Crippen LogP contribution in [0.2, 0.25) is 0 Å². The van der Waals surface area contributed by atoms with Crippen molar-refractivity contribution in [3.8, 4) is 16.9 Å². The number of rotatable bonds is 2. The quantitative estimate of drug-likeness (QED) is 0.745. The Morgan fingerprint density at radius 2 is 1.90 bits per heavy atom. The highest BCUT2D eigenvalue weighted by atomic mass is 16.4. The fraction of sp³-hybridized carbons (Fsp3) is 0. The molecule has 20 heavy (non-hydrogen) atoms. The summed E-state index contributed by atoms with van der Waals surface area (Å²) in [4.78, 5) is 15.4. The molecule has 2 aromatic carbocycles. The van der Waals surface area contributed by atoms with Gasteiger partial charge in [-0.1, -0.05) is 24.3 Å². The van der Waals surface area contributed by atoms with Crippen LogP contribution in [-0.2, 0) is 0 Å². The summed E-state index contributed by atoms with van der Waals surface area (Å²) in [5.41, 5.74) is 2.36. The molecule has 0 amide bonds. The van der Waals surface area contributed by atoms with Crippen LogP contribution in [0.4, 0.5) is 0 Å². The van der Waals surface area contributed by atoms with Gasteiger partial charge >= 0.3 is 5.97 Å². The van der Waals surface area contributed by atoms with Crippen LogP contribution >= 0.6 is 0 Å². The van der Waals surface area contributed by atoms with Crippen LogP contribution in [0.1, 0.15) is 10.4 Å². The lowest BCUT2D eigenvalue weighted by Crippen LogP contribution is -1.97. The number of pyridine rings is 1. The van der Waals surface area contributed by atoms with Crippen molar-refractivity contribution >= 4 is 16.9 Å². The Balaban J connectivity index is 2.26. The maximum Gasteiger partial charge on any atom is 0.339 e. The summed E-state index contributed by atoms with van der Waals surface area (Å²) in [6.07, 6.45) is 1.71. The third-order valence-electron chi connectivity index (χ3n) is 3.18. The Morgan fingerprint density at radius 3 is 2.70 bits per heavy atom. The zero-order valence-electron chi connectivity index (χ0n) is 10.4. The average molecular weight is 265 g/mol. The highest BCUT2D eigenvalue weighted by Gasteiger charge is 2.12. The first-order valence-corrected chi connectivity index (χ1v) is 6.07. The molecule has 0 spiro atoms. The second-order valence-electron chi connectivity index (χ2n) is 4.41. The van der Waals surface area contributed by atoms with Gasteiger partial charge in [0.15, 0.2) is 0 Å². The number of aromatic nitrogens is 1. The van der Waals surface area contributed by atoms with Crippen LogP contribution in [0.5, 0.6) is 5.75 Å². The molecule has 0 saturated heterocycles. The molecule has 0 bridgehead atoms. The third-order valence-corrected chi connectivity index (χ3v) is 3.18. The molecule has 0 aliphatic rings. The van der Waals surface area contributed by atoms with Gasteiger partial charge in [0.05, 0.1) is 5.52 Å². The summed E-state index contributed by atoms with van der Waals surface area (Å²) in [6, 6.07) is 14.0. The SMILES string of the molecule is O=C(O)c1cc(-c2cccc3ncccc23)ccc1O. The van der Waals surface area contributed by atoms with Gasteiger partial charge in [-0.25, -0.2) is 4.79 Å². The summed E-state index contributed by atoms with van der Waals surface area (Å²) in [5.74, 6) is -1.39. The van der Waals surface area contributed by atoms with Crippen molar-refractivity contribution in [1.29, 1.82) is 0 Å². The van der Waals surface area contributed by atoms with Crippen LogP contribution in [0.25, 0.3) is 22.0 Å². The standard InChI is InChI=1S/C16H11NO3/c18-15-7-6-10(9-13(15)16(19)20)11-3-1-5-14-12(11)4-2-8-17-14/h1-9,18H,(H,19,20). The van der Waals surface area contributed by atoms with Gasteiger partial charge in [0.25, 0.3) is 0 Å². The number of carboxylic acid groups (broad SMARTS) is 1. The van der Waals surface area contributed by atoms with E-state index in [0.717, 1.165) is 22.0 Å². The van der Waals surface area contributed by atoms with E-state index in [1.54, 1.807) is 12.3 Å². The maximum atomic E-state index is 11.1. The number of carbonyl (C=O) groups is 1. The molecule has 0 unspecified atom stereocenters. The van der Waals surface area contributed by atoms with E-state index in [1.165, 1.54) is 12.1 Å². The van der Waals surface area contributed by atoms with E-state index >= 15 is 0 Å². The lowest BCUT2D eigenvalue weighted by molar-refractivity contribution is 0.0694. The van der Waals surface area contributed by atoms with Crippen LogP contribution in [0, 0.1) is 0 Å². The van der Waals surface area contributed by atoms with Crippen molar-refractivity contribution in [3.63, 3.8) is 0 Å². The number of fused-ring (bicyclic) bond motifs is 1. The van der Waals surface area contributed by atoms with Crippen LogP contribution in [0.15, 0.2) is 54.7 Å². The Bertz CT molecular complexity index is 806. The first-order valence-electron chi connectivity index (χ1n) is 6.07. The number of benzene rings is 2. The molecule has 0 fully saturated rings. The van der Waals surface area contributed by atoms with Gasteiger partial charge < -0.3 is 10.2 Å². The molecule has 98 valence electrons. The van der Waals surface area contributed by atoms with E-state index in [9.17, 15) is 9.90 Å². The number of hydrogen-bond acceptors (Lipinski definition) is 3. The van der Waals surface area contributed by atoms with Crippen molar-refractivity contribution < 1.29 is 15.0 Å². The molecule has 0 aliphatic heterocycles. The van der Waals surface area contributed by atoms with Gasteiger partial charge in [0, 0.05) is 11.6 Å². The fourth-order valence-corrected chi connectivity index (χ4v) is 2.23. The van der Waals surface area contributed by atoms with E-state index in [4.69, 9.17) is 5.11 Å². The van der Waals surface area contributed by atoms with Crippen molar-refractivity contribution in [2.75, 3.05) is 0 Å². The first kappa shape index (κ1) is 12.2. The highest BCUT2D eigenvalue weighted by molar-refractivity contribution is 5.97. The topological polar surface area (TPSA) is 70.4 Å². The maximum absolute atomic E-state index is 11.1.